The van der Waals surface area contributed by atoms with E-state index in [0.29, 0.717) is 36.7 Å². The van der Waals surface area contributed by atoms with Gasteiger partial charge < -0.3 is 33.3 Å². The monoisotopic (exact) mass is 584 g/mol. The van der Waals surface area contributed by atoms with E-state index in [2.05, 4.69) is 10.6 Å². The summed E-state index contributed by atoms with van der Waals surface area (Å²) in [4.78, 5) is 0. The van der Waals surface area contributed by atoms with E-state index in [9.17, 15) is 10.2 Å². The van der Waals surface area contributed by atoms with Gasteiger partial charge in [0.25, 0.3) is 0 Å². The zero-order valence-corrected chi connectivity index (χ0v) is 19.5. The quantitative estimate of drug-likeness (QED) is 0.408. The molecule has 1 fully saturated rings. The Morgan fingerprint density at radius 3 is 1.57 bits per heavy atom. The van der Waals surface area contributed by atoms with Crippen LogP contribution in [0, 0.1) is 13.8 Å². The number of aryl methyl sites for hydroxylation is 2. The number of hydrogen-bond donors (Lipinski definition) is 4. The van der Waals surface area contributed by atoms with Crippen molar-refractivity contribution >= 4 is 0 Å². The van der Waals surface area contributed by atoms with Crippen molar-refractivity contribution in [1.29, 1.82) is 0 Å². The molecular weight excluding hydrogens is 555 g/mol. The van der Waals surface area contributed by atoms with Gasteiger partial charge in [-0.05, 0) is 38.8 Å². The fraction of sp³-hybridized carbons (Fsp3) is 0.455. The van der Waals surface area contributed by atoms with Gasteiger partial charge in [-0.25, -0.2) is 0 Å². The second-order valence-electron chi connectivity index (χ2n) is 7.52. The molecule has 0 heterocycles. The summed E-state index contributed by atoms with van der Waals surface area (Å²) in [6, 6.07) is 12.2. The Morgan fingerprint density at radius 1 is 0.786 bits per heavy atom. The second kappa shape index (κ2) is 11.8. The number of rotatable bonds is 6. The fourth-order valence-electron chi connectivity index (χ4n) is 3.81. The first-order valence-corrected chi connectivity index (χ1v) is 9.56. The van der Waals surface area contributed by atoms with Crippen LogP contribution in [0.5, 0.6) is 11.5 Å². The molecule has 0 spiro atoms. The number of phenols is 2. The van der Waals surface area contributed by atoms with E-state index in [1.807, 2.05) is 38.1 Å². The van der Waals surface area contributed by atoms with Crippen molar-refractivity contribution in [2.75, 3.05) is 0 Å². The Kier molecular flexibility index (Phi) is 10.5. The number of nitrogens with one attached hydrogen (secondary N) is 2. The van der Waals surface area contributed by atoms with Gasteiger partial charge in [0.2, 0.25) is 0 Å². The van der Waals surface area contributed by atoms with Crippen molar-refractivity contribution in [3.05, 3.63) is 58.7 Å². The third kappa shape index (κ3) is 6.77. The van der Waals surface area contributed by atoms with Crippen molar-refractivity contribution in [2.45, 2.75) is 64.7 Å². The summed E-state index contributed by atoms with van der Waals surface area (Å²) in [6.45, 7) is 5.43. The van der Waals surface area contributed by atoms with Gasteiger partial charge in [0, 0.05) is 36.3 Å². The van der Waals surface area contributed by atoms with Gasteiger partial charge in [0.1, 0.15) is 11.5 Å². The predicted octanol–water partition coefficient (Wildman–Crippen LogP) is 0.907. The molecule has 1 aliphatic carbocycles. The van der Waals surface area contributed by atoms with Gasteiger partial charge in [-0.1, -0.05) is 48.2 Å². The van der Waals surface area contributed by atoms with Crippen LogP contribution in [0.25, 0.3) is 0 Å². The molecule has 0 bridgehead atoms. The normalized spacial score (nSPS) is 18.8. The molecule has 0 saturated heterocycles. The summed E-state index contributed by atoms with van der Waals surface area (Å²) in [7, 11) is 0. The van der Waals surface area contributed by atoms with Crippen LogP contribution in [0.4, 0.5) is 0 Å². The van der Waals surface area contributed by atoms with E-state index < -0.39 is 0 Å². The number of hydrogen-bond acceptors (Lipinski definition) is 4. The van der Waals surface area contributed by atoms with E-state index in [-0.39, 0.29) is 33.5 Å². The standard InChI is InChI=1S/C22H30N2O2.ClH.Pt/c1-15-7-9-21(25)17(11-15)13-23-19-5-3-4-6-20(19)24-14-18-12-16(2)8-10-22(18)26;;/h7-12,19-20,23-26H,3-6,13-14H2,1-2H3;1H;/q;;+2/p-1/t19-,20-;;/m1../s1. The van der Waals surface area contributed by atoms with Crippen molar-refractivity contribution in [1.82, 2.24) is 10.6 Å². The van der Waals surface area contributed by atoms with Crippen LogP contribution >= 0.6 is 0 Å². The van der Waals surface area contributed by atoms with Crippen molar-refractivity contribution in [2.24, 2.45) is 0 Å². The smallest absolute Gasteiger partial charge is 1.00 e. The zero-order chi connectivity index (χ0) is 18.5. The first-order valence-electron chi connectivity index (χ1n) is 9.56. The van der Waals surface area contributed by atoms with Gasteiger partial charge >= 0.3 is 21.1 Å². The molecule has 0 aliphatic heterocycles. The molecule has 156 valence electrons. The Labute approximate surface area is 188 Å². The van der Waals surface area contributed by atoms with Gasteiger partial charge in [-0.15, -0.1) is 0 Å². The van der Waals surface area contributed by atoms with Crippen molar-refractivity contribution in [3.8, 4) is 11.5 Å². The molecule has 0 amide bonds. The molecule has 0 unspecified atom stereocenters. The average molecular weight is 585 g/mol. The minimum Gasteiger partial charge on any atom is -1.00 e. The van der Waals surface area contributed by atoms with E-state index in [1.165, 1.54) is 12.8 Å². The van der Waals surface area contributed by atoms with E-state index in [0.717, 1.165) is 35.1 Å². The molecule has 1 saturated carbocycles. The number of halogens is 1. The van der Waals surface area contributed by atoms with Crippen molar-refractivity contribution in [3.63, 3.8) is 0 Å². The van der Waals surface area contributed by atoms with Crippen LogP contribution in [0.2, 0.25) is 0 Å². The van der Waals surface area contributed by atoms with Crippen LogP contribution in [-0.2, 0) is 34.2 Å². The first kappa shape index (κ1) is 25.0. The molecule has 4 N–H and O–H groups in total. The first-order chi connectivity index (χ1) is 12.5. The molecule has 2 aromatic carbocycles. The predicted molar refractivity (Wildman–Crippen MR) is 105 cm³/mol. The van der Waals surface area contributed by atoms with E-state index >= 15 is 0 Å². The minimum atomic E-state index is 0. The Hall–Kier alpha value is -1.06. The maximum atomic E-state index is 10.1. The topological polar surface area (TPSA) is 64.5 Å². The summed E-state index contributed by atoms with van der Waals surface area (Å²) in [6.07, 6.45) is 4.71. The number of aromatic hydroxyl groups is 2. The summed E-state index contributed by atoms with van der Waals surface area (Å²) in [5.41, 5.74) is 4.22. The van der Waals surface area contributed by atoms with Crippen molar-refractivity contribution < 1.29 is 43.7 Å². The van der Waals surface area contributed by atoms with Crippen LogP contribution < -0.4 is 23.0 Å². The molecule has 3 rings (SSSR count). The molecular formula is C22H30ClN2O2Pt+. The van der Waals surface area contributed by atoms with E-state index in [1.54, 1.807) is 12.1 Å². The van der Waals surface area contributed by atoms with Gasteiger partial charge in [-0.3, -0.25) is 0 Å². The maximum Gasteiger partial charge on any atom is 2.00 e. The second-order valence-corrected chi connectivity index (χ2v) is 7.52. The fourth-order valence-corrected chi connectivity index (χ4v) is 3.81. The van der Waals surface area contributed by atoms with Crippen LogP contribution in [0.3, 0.4) is 0 Å². The number of benzene rings is 2. The molecule has 2 aromatic rings. The summed E-state index contributed by atoms with van der Waals surface area (Å²) in [5, 5.41) is 27.4. The number of phenolic OH excluding ortho intramolecular Hbond substituents is 2. The largest absolute Gasteiger partial charge is 2.00 e. The summed E-state index contributed by atoms with van der Waals surface area (Å²) < 4.78 is 0. The average Bonchev–Trinajstić information content (AvgIpc) is 2.64. The SMILES string of the molecule is Cc1ccc(O)c(CN[C@@H]2CCCC[C@H]2NCc2cc(C)ccc2O)c1.[Cl-].[Pt+2]. The summed E-state index contributed by atoms with van der Waals surface area (Å²) in [5.74, 6) is 0.709. The van der Waals surface area contributed by atoms with Gasteiger partial charge in [0.05, 0.1) is 0 Å². The van der Waals surface area contributed by atoms with Gasteiger partial charge in [0.15, 0.2) is 0 Å². The zero-order valence-electron chi connectivity index (χ0n) is 16.5. The van der Waals surface area contributed by atoms with E-state index in [4.69, 9.17) is 0 Å². The van der Waals surface area contributed by atoms with Crippen LogP contribution in [0.1, 0.15) is 47.9 Å². The Balaban J connectivity index is 0.00000196. The Morgan fingerprint density at radius 2 is 1.18 bits per heavy atom. The molecule has 28 heavy (non-hydrogen) atoms. The molecule has 4 nitrogen and oxygen atoms in total. The minimum absolute atomic E-state index is 0. The maximum absolute atomic E-state index is 10.1. The van der Waals surface area contributed by atoms with Crippen LogP contribution in [-0.4, -0.2) is 22.3 Å². The summed E-state index contributed by atoms with van der Waals surface area (Å²) >= 11 is 0. The third-order valence-electron chi connectivity index (χ3n) is 5.35. The molecule has 0 radical (unpaired) electrons. The Bertz CT molecular complexity index is 694. The molecule has 2 atom stereocenters. The third-order valence-corrected chi connectivity index (χ3v) is 5.35. The molecule has 1 aliphatic rings. The van der Waals surface area contributed by atoms with Crippen LogP contribution in [0.15, 0.2) is 36.4 Å². The molecule has 6 heteroatoms. The molecule has 0 aromatic heterocycles. The van der Waals surface area contributed by atoms with Gasteiger partial charge in [-0.2, -0.15) is 0 Å².